The van der Waals surface area contributed by atoms with Crippen LogP contribution >= 0.6 is 11.5 Å². The molecule has 0 bridgehead atoms. The van der Waals surface area contributed by atoms with Gasteiger partial charge < -0.3 is 10.1 Å². The summed E-state index contributed by atoms with van der Waals surface area (Å²) < 4.78 is 9.06. The van der Waals surface area contributed by atoms with Crippen molar-refractivity contribution in [2.75, 3.05) is 12.4 Å². The number of hydrogen-bond acceptors (Lipinski definition) is 5. The van der Waals surface area contributed by atoms with Crippen molar-refractivity contribution in [3.63, 3.8) is 0 Å². The number of anilines is 1. The van der Waals surface area contributed by atoms with Gasteiger partial charge in [0, 0.05) is 24.2 Å². The molecule has 1 N–H and O–H groups in total. The van der Waals surface area contributed by atoms with Crippen LogP contribution in [0.25, 0.3) is 0 Å². The number of rotatable bonds is 3. The van der Waals surface area contributed by atoms with E-state index in [1.807, 2.05) is 0 Å². The Morgan fingerprint density at radius 1 is 1.46 bits per heavy atom. The molecule has 1 aromatic rings. The zero-order chi connectivity index (χ0) is 9.90. The minimum absolute atomic E-state index is 0.0316. The van der Waals surface area contributed by atoms with Crippen LogP contribution in [-0.2, 0) is 11.3 Å². The summed E-state index contributed by atoms with van der Waals surface area (Å²) in [7, 11) is 1.64. The van der Waals surface area contributed by atoms with E-state index in [4.69, 9.17) is 4.74 Å². The van der Waals surface area contributed by atoms with Crippen LogP contribution in [0.1, 0.15) is 26.6 Å². The fourth-order valence-corrected chi connectivity index (χ4v) is 1.60. The predicted octanol–water partition coefficient (Wildman–Crippen LogP) is 1.89. The molecule has 0 spiro atoms. The van der Waals surface area contributed by atoms with E-state index in [2.05, 4.69) is 35.4 Å². The zero-order valence-electron chi connectivity index (χ0n) is 8.42. The number of hydrogen-bond donors (Lipinski definition) is 1. The molecule has 0 unspecified atom stereocenters. The minimum Gasteiger partial charge on any atom is -0.377 e. The lowest BCUT2D eigenvalue weighted by Crippen LogP contribution is -2.25. The van der Waals surface area contributed by atoms with E-state index in [1.165, 1.54) is 11.5 Å². The van der Waals surface area contributed by atoms with Crippen LogP contribution in [0, 0.1) is 0 Å². The van der Waals surface area contributed by atoms with Crippen LogP contribution in [0.3, 0.4) is 0 Å². The van der Waals surface area contributed by atoms with Gasteiger partial charge in [0.15, 0.2) is 5.82 Å². The van der Waals surface area contributed by atoms with Gasteiger partial charge in [0.2, 0.25) is 5.13 Å². The van der Waals surface area contributed by atoms with Gasteiger partial charge in [-0.25, -0.2) is 4.98 Å². The van der Waals surface area contributed by atoms with E-state index in [1.54, 1.807) is 7.11 Å². The van der Waals surface area contributed by atoms with Gasteiger partial charge in [-0.3, -0.25) is 0 Å². The Bertz CT molecular complexity index is 267. The molecule has 0 aliphatic rings. The molecular formula is C8H15N3OS. The van der Waals surface area contributed by atoms with Crippen molar-refractivity contribution in [2.45, 2.75) is 32.9 Å². The van der Waals surface area contributed by atoms with Gasteiger partial charge in [-0.15, -0.1) is 0 Å². The fraction of sp³-hybridized carbons (Fsp3) is 0.750. The summed E-state index contributed by atoms with van der Waals surface area (Å²) in [5, 5.41) is 4.10. The van der Waals surface area contributed by atoms with E-state index >= 15 is 0 Å². The third kappa shape index (κ3) is 3.69. The first-order valence-corrected chi connectivity index (χ1v) is 4.88. The third-order valence-corrected chi connectivity index (χ3v) is 1.89. The van der Waals surface area contributed by atoms with E-state index in [0.29, 0.717) is 6.61 Å². The molecule has 0 amide bonds. The van der Waals surface area contributed by atoms with E-state index < -0.39 is 0 Å². The third-order valence-electron chi connectivity index (χ3n) is 1.22. The highest BCUT2D eigenvalue weighted by Crippen LogP contribution is 2.16. The van der Waals surface area contributed by atoms with Crippen LogP contribution in [-0.4, -0.2) is 22.0 Å². The van der Waals surface area contributed by atoms with Crippen molar-refractivity contribution in [1.82, 2.24) is 9.36 Å². The molecule has 4 nitrogen and oxygen atoms in total. The van der Waals surface area contributed by atoms with Gasteiger partial charge in [-0.05, 0) is 20.8 Å². The van der Waals surface area contributed by atoms with E-state index in [0.717, 1.165) is 11.0 Å². The Hall–Kier alpha value is -0.680. The Labute approximate surface area is 82.5 Å². The standard InChI is InChI=1S/C8H15N3OS/c1-8(2,3)10-7-9-6(5-12-4)11-13-7/h5H2,1-4H3,(H,9,10,11). The molecule has 1 heterocycles. The monoisotopic (exact) mass is 201 g/mol. The number of nitrogens with zero attached hydrogens (tertiary/aromatic N) is 2. The summed E-state index contributed by atoms with van der Waals surface area (Å²) in [4.78, 5) is 4.26. The second-order valence-corrected chi connectivity index (χ2v) is 4.58. The van der Waals surface area contributed by atoms with Crippen molar-refractivity contribution in [3.05, 3.63) is 5.82 Å². The summed E-state index contributed by atoms with van der Waals surface area (Å²) >= 11 is 1.36. The highest BCUT2D eigenvalue weighted by atomic mass is 32.1. The zero-order valence-corrected chi connectivity index (χ0v) is 9.23. The summed E-state index contributed by atoms with van der Waals surface area (Å²) in [5.74, 6) is 0.735. The van der Waals surface area contributed by atoms with Gasteiger partial charge in [0.25, 0.3) is 0 Å². The molecule has 74 valence electrons. The lowest BCUT2D eigenvalue weighted by molar-refractivity contribution is 0.179. The largest absolute Gasteiger partial charge is 0.377 e. The van der Waals surface area contributed by atoms with E-state index in [9.17, 15) is 0 Å². The van der Waals surface area contributed by atoms with Crippen LogP contribution < -0.4 is 5.32 Å². The second-order valence-electron chi connectivity index (χ2n) is 3.82. The molecule has 5 heteroatoms. The summed E-state index contributed by atoms with van der Waals surface area (Å²) in [6, 6.07) is 0. The smallest absolute Gasteiger partial charge is 0.203 e. The molecule has 0 atom stereocenters. The van der Waals surface area contributed by atoms with Gasteiger partial charge >= 0.3 is 0 Å². The van der Waals surface area contributed by atoms with Gasteiger partial charge in [0.1, 0.15) is 6.61 Å². The maximum Gasteiger partial charge on any atom is 0.203 e. The molecule has 0 aromatic carbocycles. The lowest BCUT2D eigenvalue weighted by atomic mass is 10.1. The number of nitrogens with one attached hydrogen (secondary N) is 1. The molecule has 0 saturated heterocycles. The summed E-state index contributed by atoms with van der Waals surface area (Å²) in [6.07, 6.45) is 0. The van der Waals surface area contributed by atoms with Crippen molar-refractivity contribution in [3.8, 4) is 0 Å². The predicted molar refractivity (Wildman–Crippen MR) is 54.0 cm³/mol. The SMILES string of the molecule is COCc1nsc(NC(C)(C)C)n1. The quantitative estimate of drug-likeness (QED) is 0.811. The average molecular weight is 201 g/mol. The summed E-state index contributed by atoms with van der Waals surface area (Å²) in [5.41, 5.74) is 0.0316. The topological polar surface area (TPSA) is 47.0 Å². The molecular weight excluding hydrogens is 186 g/mol. The molecule has 0 radical (unpaired) electrons. The first-order valence-electron chi connectivity index (χ1n) is 4.11. The van der Waals surface area contributed by atoms with Crippen LogP contribution in [0.2, 0.25) is 0 Å². The maximum atomic E-state index is 4.93. The maximum absolute atomic E-state index is 4.93. The second kappa shape index (κ2) is 4.02. The normalized spacial score (nSPS) is 11.7. The van der Waals surface area contributed by atoms with Gasteiger partial charge in [-0.1, -0.05) is 0 Å². The first-order chi connectivity index (χ1) is 6.01. The number of methoxy groups -OCH3 is 1. The molecule has 0 fully saturated rings. The number of ether oxygens (including phenoxy) is 1. The molecule has 1 rings (SSSR count). The van der Waals surface area contributed by atoms with Crippen molar-refractivity contribution >= 4 is 16.7 Å². The van der Waals surface area contributed by atoms with E-state index in [-0.39, 0.29) is 5.54 Å². The number of aromatic nitrogens is 2. The average Bonchev–Trinajstić information content (AvgIpc) is 2.33. The highest BCUT2D eigenvalue weighted by molar-refractivity contribution is 7.09. The fourth-order valence-electron chi connectivity index (χ4n) is 0.813. The Kier molecular flexibility index (Phi) is 3.22. The van der Waals surface area contributed by atoms with Crippen molar-refractivity contribution in [1.29, 1.82) is 0 Å². The molecule has 0 aliphatic heterocycles. The lowest BCUT2D eigenvalue weighted by Gasteiger charge is -2.18. The molecule has 13 heavy (non-hydrogen) atoms. The Morgan fingerprint density at radius 2 is 2.15 bits per heavy atom. The van der Waals surface area contributed by atoms with Crippen molar-refractivity contribution < 1.29 is 4.74 Å². The van der Waals surface area contributed by atoms with Gasteiger partial charge in [-0.2, -0.15) is 4.37 Å². The Morgan fingerprint density at radius 3 is 2.69 bits per heavy atom. The molecule has 1 aromatic heterocycles. The van der Waals surface area contributed by atoms with Crippen LogP contribution in [0.15, 0.2) is 0 Å². The minimum atomic E-state index is 0.0316. The molecule has 0 aliphatic carbocycles. The Balaban J connectivity index is 2.59. The van der Waals surface area contributed by atoms with Crippen LogP contribution in [0.5, 0.6) is 0 Å². The van der Waals surface area contributed by atoms with Crippen molar-refractivity contribution in [2.24, 2.45) is 0 Å². The highest BCUT2D eigenvalue weighted by Gasteiger charge is 2.12. The first kappa shape index (κ1) is 10.4. The van der Waals surface area contributed by atoms with Gasteiger partial charge in [0.05, 0.1) is 0 Å². The van der Waals surface area contributed by atoms with Crippen LogP contribution in [0.4, 0.5) is 5.13 Å². The summed E-state index contributed by atoms with van der Waals surface area (Å²) in [6.45, 7) is 6.74. The molecule has 0 saturated carbocycles.